The zero-order chi connectivity index (χ0) is 12.1. The molecule has 0 bridgehead atoms. The van der Waals surface area contributed by atoms with Gasteiger partial charge in [0, 0.05) is 32.4 Å². The molecular weight excluding hydrogens is 214 g/mol. The van der Waals surface area contributed by atoms with Crippen LogP contribution >= 0.6 is 0 Å². The first-order valence-corrected chi connectivity index (χ1v) is 6.30. The summed E-state index contributed by atoms with van der Waals surface area (Å²) < 4.78 is 1.83. The minimum atomic E-state index is 0.645. The van der Waals surface area contributed by atoms with Crippen LogP contribution in [0.4, 0.5) is 0 Å². The Balaban J connectivity index is 1.79. The molecule has 0 spiro atoms. The first-order chi connectivity index (χ1) is 8.28. The van der Waals surface area contributed by atoms with Gasteiger partial charge >= 0.3 is 0 Å². The average Bonchev–Trinajstić information content (AvgIpc) is 3.01. The summed E-state index contributed by atoms with van der Waals surface area (Å²) in [6, 6.07) is 0.645. The first-order valence-electron chi connectivity index (χ1n) is 6.30. The fraction of sp³-hybridized carbons (Fsp3) is 0.667. The standard InChI is InChI=1S/C12H21N5/c1-3-13-12(16-11-4-5-11)14-7-6-10-8-15-17(2)9-10/h8-9,11H,3-7H2,1-2H3,(H2,13,14,16). The number of nitrogens with one attached hydrogen (secondary N) is 2. The number of aromatic nitrogens is 2. The van der Waals surface area contributed by atoms with E-state index in [4.69, 9.17) is 0 Å². The fourth-order valence-corrected chi connectivity index (χ4v) is 1.64. The van der Waals surface area contributed by atoms with Gasteiger partial charge in [-0.3, -0.25) is 9.67 Å². The van der Waals surface area contributed by atoms with Crippen molar-refractivity contribution in [2.75, 3.05) is 13.1 Å². The van der Waals surface area contributed by atoms with E-state index in [9.17, 15) is 0 Å². The molecule has 1 heterocycles. The Morgan fingerprint density at radius 3 is 3.00 bits per heavy atom. The summed E-state index contributed by atoms with van der Waals surface area (Å²) in [4.78, 5) is 4.56. The van der Waals surface area contributed by atoms with Crippen LogP contribution < -0.4 is 10.6 Å². The lowest BCUT2D eigenvalue weighted by molar-refractivity contribution is 0.766. The van der Waals surface area contributed by atoms with Gasteiger partial charge in [-0.25, -0.2) is 0 Å². The highest BCUT2D eigenvalue weighted by molar-refractivity contribution is 5.80. The van der Waals surface area contributed by atoms with Crippen LogP contribution in [0.3, 0.4) is 0 Å². The smallest absolute Gasteiger partial charge is 0.191 e. The van der Waals surface area contributed by atoms with Crippen LogP contribution in [0.5, 0.6) is 0 Å². The van der Waals surface area contributed by atoms with Crippen LogP contribution in [-0.2, 0) is 13.5 Å². The third-order valence-corrected chi connectivity index (χ3v) is 2.69. The van der Waals surface area contributed by atoms with Crippen molar-refractivity contribution < 1.29 is 0 Å². The van der Waals surface area contributed by atoms with Gasteiger partial charge in [-0.15, -0.1) is 0 Å². The molecule has 2 N–H and O–H groups in total. The average molecular weight is 235 g/mol. The Morgan fingerprint density at radius 1 is 1.59 bits per heavy atom. The van der Waals surface area contributed by atoms with Gasteiger partial charge in [0.1, 0.15) is 0 Å². The highest BCUT2D eigenvalue weighted by Gasteiger charge is 2.21. The highest BCUT2D eigenvalue weighted by Crippen LogP contribution is 2.18. The van der Waals surface area contributed by atoms with Gasteiger partial charge in [0.2, 0.25) is 0 Å². The van der Waals surface area contributed by atoms with E-state index < -0.39 is 0 Å². The molecule has 1 saturated carbocycles. The lowest BCUT2D eigenvalue weighted by atomic mass is 10.3. The van der Waals surface area contributed by atoms with Crippen molar-refractivity contribution in [3.63, 3.8) is 0 Å². The van der Waals surface area contributed by atoms with Gasteiger partial charge in [0.25, 0.3) is 0 Å². The largest absolute Gasteiger partial charge is 0.357 e. The van der Waals surface area contributed by atoms with E-state index >= 15 is 0 Å². The Kier molecular flexibility index (Phi) is 4.01. The molecule has 17 heavy (non-hydrogen) atoms. The second-order valence-electron chi connectivity index (χ2n) is 4.45. The molecule has 1 fully saturated rings. The van der Waals surface area contributed by atoms with Crippen LogP contribution in [-0.4, -0.2) is 34.9 Å². The van der Waals surface area contributed by atoms with E-state index in [2.05, 4.69) is 27.6 Å². The second-order valence-corrected chi connectivity index (χ2v) is 4.45. The van der Waals surface area contributed by atoms with Crippen LogP contribution in [0.25, 0.3) is 0 Å². The molecule has 94 valence electrons. The molecule has 0 unspecified atom stereocenters. The molecule has 2 rings (SSSR count). The summed E-state index contributed by atoms with van der Waals surface area (Å²) in [5.41, 5.74) is 1.23. The molecular formula is C12H21N5. The van der Waals surface area contributed by atoms with Gasteiger partial charge in [0.05, 0.1) is 6.20 Å². The normalized spacial score (nSPS) is 16.0. The molecule has 1 aliphatic carbocycles. The quantitative estimate of drug-likeness (QED) is 0.583. The summed E-state index contributed by atoms with van der Waals surface area (Å²) in [6.45, 7) is 3.80. The minimum absolute atomic E-state index is 0.645. The Hall–Kier alpha value is -1.52. The molecule has 1 aliphatic rings. The molecule has 1 aromatic heterocycles. The van der Waals surface area contributed by atoms with E-state index in [1.54, 1.807) is 0 Å². The number of aryl methyl sites for hydroxylation is 1. The van der Waals surface area contributed by atoms with Gasteiger partial charge in [-0.1, -0.05) is 0 Å². The molecule has 0 radical (unpaired) electrons. The first kappa shape index (κ1) is 12.0. The summed E-state index contributed by atoms with van der Waals surface area (Å²) >= 11 is 0. The number of aliphatic imine (C=N–C) groups is 1. The van der Waals surface area contributed by atoms with Crippen LogP contribution in [0, 0.1) is 0 Å². The molecule has 0 saturated heterocycles. The Labute approximate surface area is 102 Å². The topological polar surface area (TPSA) is 54.2 Å². The van der Waals surface area contributed by atoms with Crippen molar-refractivity contribution in [1.29, 1.82) is 0 Å². The van der Waals surface area contributed by atoms with Crippen molar-refractivity contribution in [1.82, 2.24) is 20.4 Å². The molecule has 0 atom stereocenters. The van der Waals surface area contributed by atoms with E-state index in [0.717, 1.165) is 25.5 Å². The monoisotopic (exact) mass is 235 g/mol. The van der Waals surface area contributed by atoms with Crippen molar-refractivity contribution >= 4 is 5.96 Å². The zero-order valence-electron chi connectivity index (χ0n) is 10.6. The number of guanidine groups is 1. The third kappa shape index (κ3) is 4.09. The summed E-state index contributed by atoms with van der Waals surface area (Å²) in [7, 11) is 1.94. The van der Waals surface area contributed by atoms with Gasteiger partial charge in [-0.2, -0.15) is 5.10 Å². The summed E-state index contributed by atoms with van der Waals surface area (Å²) in [5.74, 6) is 0.943. The SMILES string of the molecule is CCNC(=NCCc1cnn(C)c1)NC1CC1. The molecule has 0 aromatic carbocycles. The Bertz CT molecular complexity index is 378. The maximum atomic E-state index is 4.56. The lowest BCUT2D eigenvalue weighted by Gasteiger charge is -2.09. The van der Waals surface area contributed by atoms with Gasteiger partial charge < -0.3 is 10.6 Å². The van der Waals surface area contributed by atoms with Crippen LogP contribution in [0.2, 0.25) is 0 Å². The maximum Gasteiger partial charge on any atom is 0.191 e. The predicted octanol–water partition coefficient (Wildman–Crippen LogP) is 0.680. The number of nitrogens with zero attached hydrogens (tertiary/aromatic N) is 3. The summed E-state index contributed by atoms with van der Waals surface area (Å²) in [5, 5.41) is 10.8. The predicted molar refractivity (Wildman–Crippen MR) is 69.0 cm³/mol. The number of rotatable bonds is 5. The molecule has 0 amide bonds. The van der Waals surface area contributed by atoms with E-state index in [1.807, 2.05) is 24.1 Å². The third-order valence-electron chi connectivity index (χ3n) is 2.69. The summed E-state index contributed by atoms with van der Waals surface area (Å²) in [6.07, 6.45) is 7.42. The van der Waals surface area contributed by atoms with Gasteiger partial charge in [-0.05, 0) is 31.7 Å². The molecule has 1 aromatic rings. The van der Waals surface area contributed by atoms with E-state index in [-0.39, 0.29) is 0 Å². The number of hydrogen-bond acceptors (Lipinski definition) is 2. The van der Waals surface area contributed by atoms with Crippen molar-refractivity contribution in [3.8, 4) is 0 Å². The molecule has 5 heteroatoms. The minimum Gasteiger partial charge on any atom is -0.357 e. The number of hydrogen-bond donors (Lipinski definition) is 2. The van der Waals surface area contributed by atoms with Gasteiger partial charge in [0.15, 0.2) is 5.96 Å². The zero-order valence-corrected chi connectivity index (χ0v) is 10.6. The van der Waals surface area contributed by atoms with Crippen molar-refractivity contribution in [3.05, 3.63) is 18.0 Å². The van der Waals surface area contributed by atoms with Crippen LogP contribution in [0.1, 0.15) is 25.3 Å². The highest BCUT2D eigenvalue weighted by atomic mass is 15.2. The fourth-order valence-electron chi connectivity index (χ4n) is 1.64. The molecule has 5 nitrogen and oxygen atoms in total. The van der Waals surface area contributed by atoms with E-state index in [0.29, 0.717) is 6.04 Å². The van der Waals surface area contributed by atoms with Crippen molar-refractivity contribution in [2.24, 2.45) is 12.0 Å². The van der Waals surface area contributed by atoms with Crippen LogP contribution in [0.15, 0.2) is 17.4 Å². The lowest BCUT2D eigenvalue weighted by Crippen LogP contribution is -2.38. The Morgan fingerprint density at radius 2 is 2.41 bits per heavy atom. The molecule has 0 aliphatic heterocycles. The van der Waals surface area contributed by atoms with Crippen molar-refractivity contribution in [2.45, 2.75) is 32.2 Å². The second kappa shape index (κ2) is 5.70. The maximum absolute atomic E-state index is 4.56. The van der Waals surface area contributed by atoms with E-state index in [1.165, 1.54) is 18.4 Å².